The maximum atomic E-state index is 14.1. The number of hydrogen-bond donors (Lipinski definition) is 1. The first-order chi connectivity index (χ1) is 19.7. The first kappa shape index (κ1) is 30.0. The molecule has 1 aliphatic carbocycles. The summed E-state index contributed by atoms with van der Waals surface area (Å²) >= 11 is 0. The molecule has 1 fully saturated rings. The average molecular weight is 582 g/mol. The maximum Gasteiger partial charge on any atom is 0.264 e. The van der Waals surface area contributed by atoms with Crippen molar-refractivity contribution in [3.63, 3.8) is 0 Å². The van der Waals surface area contributed by atoms with Gasteiger partial charge in [-0.3, -0.25) is 13.9 Å². The average Bonchev–Trinajstić information content (AvgIpc) is 3.49. The smallest absolute Gasteiger partial charge is 0.264 e. The Labute approximate surface area is 241 Å². The van der Waals surface area contributed by atoms with E-state index in [4.69, 9.17) is 4.74 Å². The van der Waals surface area contributed by atoms with Crippen LogP contribution >= 0.6 is 0 Å². The van der Waals surface area contributed by atoms with Gasteiger partial charge in [0.2, 0.25) is 11.8 Å². The summed E-state index contributed by atoms with van der Waals surface area (Å²) in [5.74, 6) is -1.03. The molecule has 0 spiro atoms. The van der Waals surface area contributed by atoms with Crippen molar-refractivity contribution in [1.82, 2.24) is 10.2 Å². The van der Waals surface area contributed by atoms with Crippen molar-refractivity contribution >= 4 is 27.5 Å². The number of nitrogens with zero attached hydrogens (tertiary/aromatic N) is 2. The molecule has 218 valence electrons. The number of halogens is 1. The Morgan fingerprint density at radius 1 is 0.976 bits per heavy atom. The van der Waals surface area contributed by atoms with Gasteiger partial charge in [-0.05, 0) is 68.7 Å². The van der Waals surface area contributed by atoms with Gasteiger partial charge in [0.15, 0.2) is 0 Å². The normalized spacial score (nSPS) is 14.3. The Kier molecular flexibility index (Phi) is 9.99. The molecule has 0 aromatic heterocycles. The highest BCUT2D eigenvalue weighted by atomic mass is 32.2. The number of anilines is 1. The molecule has 0 aliphatic heterocycles. The van der Waals surface area contributed by atoms with Crippen LogP contribution in [0.15, 0.2) is 83.8 Å². The molecule has 8 nitrogen and oxygen atoms in total. The van der Waals surface area contributed by atoms with Crippen LogP contribution in [0.25, 0.3) is 0 Å². The van der Waals surface area contributed by atoms with Gasteiger partial charge in [-0.1, -0.05) is 55.3 Å². The summed E-state index contributed by atoms with van der Waals surface area (Å²) < 4.78 is 48.3. The molecule has 0 unspecified atom stereocenters. The molecule has 1 N–H and O–H groups in total. The van der Waals surface area contributed by atoms with Gasteiger partial charge < -0.3 is 15.0 Å². The SMILES string of the molecule is CCOc1ccccc1N(CC(=O)N(Cc1ccc(F)cc1)[C@H](C)C(=O)NC1CCCC1)S(=O)(=O)c1ccccc1. The zero-order valence-electron chi connectivity index (χ0n) is 23.3. The van der Waals surface area contributed by atoms with E-state index in [1.54, 1.807) is 68.4 Å². The molecule has 0 bridgehead atoms. The van der Waals surface area contributed by atoms with Gasteiger partial charge in [0.1, 0.15) is 24.2 Å². The number of amides is 2. The Balaban J connectivity index is 1.71. The number of ether oxygens (including phenoxy) is 1. The summed E-state index contributed by atoms with van der Waals surface area (Å²) in [5, 5.41) is 3.03. The molecule has 1 aliphatic rings. The number of para-hydroxylation sites is 2. The van der Waals surface area contributed by atoms with Crippen LogP contribution in [0.5, 0.6) is 5.75 Å². The van der Waals surface area contributed by atoms with Crippen LogP contribution in [0.4, 0.5) is 10.1 Å². The number of hydrogen-bond acceptors (Lipinski definition) is 5. The lowest BCUT2D eigenvalue weighted by molar-refractivity contribution is -0.139. The van der Waals surface area contributed by atoms with Crippen molar-refractivity contribution in [3.05, 3.63) is 90.2 Å². The Morgan fingerprint density at radius 3 is 2.27 bits per heavy atom. The second-order valence-electron chi connectivity index (χ2n) is 10.0. The molecule has 0 radical (unpaired) electrons. The number of benzene rings is 3. The standard InChI is InChI=1S/C31H36FN3O5S/c1-3-40-29-16-10-9-15-28(29)35(41(38,39)27-13-5-4-6-14-27)22-30(36)34(21-24-17-19-25(32)20-18-24)23(2)31(37)33-26-11-7-8-12-26/h4-6,9-10,13-20,23,26H,3,7-8,11-12,21-22H2,1-2H3,(H,33,37)/t23-/m1/s1. The summed E-state index contributed by atoms with van der Waals surface area (Å²) in [6.45, 7) is 3.11. The van der Waals surface area contributed by atoms with Gasteiger partial charge in [-0.15, -0.1) is 0 Å². The monoisotopic (exact) mass is 581 g/mol. The van der Waals surface area contributed by atoms with E-state index in [9.17, 15) is 22.4 Å². The van der Waals surface area contributed by atoms with Gasteiger partial charge in [-0.2, -0.15) is 0 Å². The molecular weight excluding hydrogens is 545 g/mol. The van der Waals surface area contributed by atoms with Crippen LogP contribution in [-0.4, -0.2) is 50.4 Å². The third-order valence-electron chi connectivity index (χ3n) is 7.18. The number of carbonyl (C=O) groups excluding carboxylic acids is 2. The highest BCUT2D eigenvalue weighted by Crippen LogP contribution is 2.33. The van der Waals surface area contributed by atoms with Crippen molar-refractivity contribution in [1.29, 1.82) is 0 Å². The fraction of sp³-hybridized carbons (Fsp3) is 0.355. The number of rotatable bonds is 12. The van der Waals surface area contributed by atoms with E-state index in [1.807, 2.05) is 0 Å². The predicted molar refractivity (Wildman–Crippen MR) is 155 cm³/mol. The second kappa shape index (κ2) is 13.6. The minimum atomic E-state index is -4.21. The van der Waals surface area contributed by atoms with Crippen LogP contribution in [0, 0.1) is 5.82 Å². The quantitative estimate of drug-likeness (QED) is 0.329. The van der Waals surface area contributed by atoms with Gasteiger partial charge >= 0.3 is 0 Å². The summed E-state index contributed by atoms with van der Waals surface area (Å²) in [7, 11) is -4.21. The highest BCUT2D eigenvalue weighted by molar-refractivity contribution is 7.92. The van der Waals surface area contributed by atoms with Crippen molar-refractivity contribution in [3.8, 4) is 5.75 Å². The molecular formula is C31H36FN3O5S. The lowest BCUT2D eigenvalue weighted by Crippen LogP contribution is -2.52. The predicted octanol–water partition coefficient (Wildman–Crippen LogP) is 4.90. The van der Waals surface area contributed by atoms with E-state index in [-0.39, 0.29) is 29.1 Å². The Bertz CT molecular complexity index is 1430. The summed E-state index contributed by atoms with van der Waals surface area (Å²) in [5.41, 5.74) is 0.809. The first-order valence-electron chi connectivity index (χ1n) is 13.8. The molecule has 0 saturated heterocycles. The molecule has 3 aromatic carbocycles. The molecule has 4 rings (SSSR count). The minimum absolute atomic E-state index is 0.00923. The topological polar surface area (TPSA) is 96.0 Å². The lowest BCUT2D eigenvalue weighted by Gasteiger charge is -2.33. The van der Waals surface area contributed by atoms with Crippen LogP contribution in [-0.2, 0) is 26.2 Å². The fourth-order valence-corrected chi connectivity index (χ4v) is 6.38. The van der Waals surface area contributed by atoms with E-state index in [1.165, 1.54) is 29.2 Å². The van der Waals surface area contributed by atoms with Crippen LogP contribution < -0.4 is 14.4 Å². The van der Waals surface area contributed by atoms with Crippen molar-refractivity contribution < 1.29 is 27.1 Å². The molecule has 1 atom stereocenters. The third kappa shape index (κ3) is 7.43. The van der Waals surface area contributed by atoms with E-state index in [0.717, 1.165) is 30.0 Å². The molecule has 0 heterocycles. The number of carbonyl (C=O) groups is 2. The summed E-state index contributed by atoms with van der Waals surface area (Å²) in [6.07, 6.45) is 3.82. The van der Waals surface area contributed by atoms with Gasteiger partial charge in [0, 0.05) is 12.6 Å². The van der Waals surface area contributed by atoms with Gasteiger partial charge in [0.25, 0.3) is 10.0 Å². The van der Waals surface area contributed by atoms with E-state index >= 15 is 0 Å². The zero-order chi connectivity index (χ0) is 29.4. The van der Waals surface area contributed by atoms with E-state index < -0.39 is 34.3 Å². The van der Waals surface area contributed by atoms with Crippen LogP contribution in [0.1, 0.15) is 45.1 Å². The van der Waals surface area contributed by atoms with Crippen molar-refractivity contribution in [2.24, 2.45) is 0 Å². The Morgan fingerprint density at radius 2 is 1.61 bits per heavy atom. The number of nitrogens with one attached hydrogen (secondary N) is 1. The molecule has 3 aromatic rings. The zero-order valence-corrected chi connectivity index (χ0v) is 24.1. The van der Waals surface area contributed by atoms with Gasteiger partial charge in [0.05, 0.1) is 17.2 Å². The number of sulfonamides is 1. The van der Waals surface area contributed by atoms with Crippen LogP contribution in [0.2, 0.25) is 0 Å². The molecule has 41 heavy (non-hydrogen) atoms. The van der Waals surface area contributed by atoms with E-state index in [2.05, 4.69) is 5.32 Å². The lowest BCUT2D eigenvalue weighted by atomic mass is 10.1. The fourth-order valence-electron chi connectivity index (χ4n) is 4.93. The van der Waals surface area contributed by atoms with Crippen molar-refractivity contribution in [2.75, 3.05) is 17.5 Å². The molecule has 1 saturated carbocycles. The third-order valence-corrected chi connectivity index (χ3v) is 8.95. The van der Waals surface area contributed by atoms with E-state index in [0.29, 0.717) is 17.9 Å². The van der Waals surface area contributed by atoms with Crippen molar-refractivity contribution in [2.45, 2.75) is 63.1 Å². The first-order valence-corrected chi connectivity index (χ1v) is 15.3. The largest absolute Gasteiger partial charge is 0.492 e. The summed E-state index contributed by atoms with van der Waals surface area (Å²) in [4.78, 5) is 28.7. The second-order valence-corrected chi connectivity index (χ2v) is 11.9. The minimum Gasteiger partial charge on any atom is -0.492 e. The van der Waals surface area contributed by atoms with Crippen LogP contribution in [0.3, 0.4) is 0 Å². The molecule has 2 amide bonds. The summed E-state index contributed by atoms with van der Waals surface area (Å²) in [6, 6.07) is 19.3. The highest BCUT2D eigenvalue weighted by Gasteiger charge is 2.34. The van der Waals surface area contributed by atoms with Gasteiger partial charge in [-0.25, -0.2) is 12.8 Å². The maximum absolute atomic E-state index is 14.1. The molecule has 10 heteroatoms. The Hall–Kier alpha value is -3.92.